The van der Waals surface area contributed by atoms with E-state index in [0.717, 1.165) is 47.1 Å². The van der Waals surface area contributed by atoms with E-state index in [1.165, 1.54) is 24.4 Å². The average molecular weight is 651 g/mol. The van der Waals surface area contributed by atoms with Gasteiger partial charge in [0.05, 0.1) is 22.5 Å². The highest BCUT2D eigenvalue weighted by Crippen LogP contribution is 2.47. The Kier molecular flexibility index (Phi) is 6.87. The Labute approximate surface area is 270 Å². The third kappa shape index (κ3) is 4.86. The lowest BCUT2D eigenvalue weighted by Gasteiger charge is -2.47. The molecule has 9 rings (SSSR count). The molecule has 2 unspecified atom stereocenters. The molecule has 0 radical (unpaired) electrons. The predicted octanol–water partition coefficient (Wildman–Crippen LogP) is 6.42. The molecule has 10 nitrogen and oxygen atoms in total. The number of aromatic nitrogens is 5. The Morgan fingerprint density at radius 3 is 2.43 bits per heavy atom. The van der Waals surface area contributed by atoms with Crippen LogP contribution < -0.4 is 5.32 Å². The molecule has 2 atom stereocenters. The number of pyridine rings is 1. The molecular formula is C35H31FN6O4S. The number of anilines is 1. The number of hydrogen-bond acceptors (Lipinski definition) is 7. The van der Waals surface area contributed by atoms with Crippen LogP contribution in [0.15, 0.2) is 90.2 Å². The molecule has 3 aliphatic rings. The fraction of sp³-hybridized carbons (Fsp3) is 0.257. The summed E-state index contributed by atoms with van der Waals surface area (Å²) in [5.74, 6) is -1.21. The van der Waals surface area contributed by atoms with Crippen molar-refractivity contribution in [1.82, 2.24) is 23.5 Å². The van der Waals surface area contributed by atoms with Crippen molar-refractivity contribution in [2.24, 2.45) is 17.8 Å². The van der Waals surface area contributed by atoms with Crippen LogP contribution in [0.2, 0.25) is 0 Å². The van der Waals surface area contributed by atoms with Crippen molar-refractivity contribution in [3.8, 4) is 17.1 Å². The highest BCUT2D eigenvalue weighted by atomic mass is 32.2. The van der Waals surface area contributed by atoms with Crippen LogP contribution in [0.4, 0.5) is 10.2 Å². The number of hydrogen-bond donors (Lipinski definition) is 2. The molecule has 0 amide bonds. The molecule has 3 fully saturated rings. The molecule has 3 saturated carbocycles. The van der Waals surface area contributed by atoms with E-state index in [4.69, 9.17) is 9.97 Å². The van der Waals surface area contributed by atoms with Crippen molar-refractivity contribution < 1.29 is 22.7 Å². The zero-order chi connectivity index (χ0) is 32.4. The van der Waals surface area contributed by atoms with E-state index in [1.807, 2.05) is 54.1 Å². The number of aryl methyl sites for hydroxylation is 1. The molecule has 47 heavy (non-hydrogen) atoms. The fourth-order valence-electron chi connectivity index (χ4n) is 7.48. The minimum Gasteiger partial charge on any atom is -0.481 e. The maximum absolute atomic E-state index is 14.7. The summed E-state index contributed by atoms with van der Waals surface area (Å²) < 4.78 is 45.5. The van der Waals surface area contributed by atoms with E-state index in [-0.39, 0.29) is 45.2 Å². The maximum atomic E-state index is 14.7. The largest absolute Gasteiger partial charge is 0.481 e. The van der Waals surface area contributed by atoms with E-state index < -0.39 is 27.7 Å². The molecule has 12 heteroatoms. The number of rotatable bonds is 7. The first-order chi connectivity index (χ1) is 22.7. The van der Waals surface area contributed by atoms with Gasteiger partial charge in [0.2, 0.25) is 0 Å². The minimum atomic E-state index is -4.12. The van der Waals surface area contributed by atoms with Crippen LogP contribution in [0.1, 0.15) is 31.2 Å². The highest BCUT2D eigenvalue weighted by molar-refractivity contribution is 7.90. The summed E-state index contributed by atoms with van der Waals surface area (Å²) in [5.41, 5.74) is 3.31. The second kappa shape index (κ2) is 11.0. The first-order valence-electron chi connectivity index (χ1n) is 15.6. The van der Waals surface area contributed by atoms with Gasteiger partial charge in [0, 0.05) is 35.1 Å². The van der Waals surface area contributed by atoms with Crippen LogP contribution in [0, 0.1) is 30.5 Å². The van der Waals surface area contributed by atoms with E-state index in [0.29, 0.717) is 16.9 Å². The number of fused-ring (bicyclic) bond motifs is 5. The van der Waals surface area contributed by atoms with Crippen LogP contribution in [-0.2, 0) is 14.8 Å². The van der Waals surface area contributed by atoms with Gasteiger partial charge in [-0.25, -0.2) is 31.7 Å². The van der Waals surface area contributed by atoms with E-state index >= 15 is 0 Å². The minimum absolute atomic E-state index is 0.0394. The smallest absolute Gasteiger partial charge is 0.308 e. The van der Waals surface area contributed by atoms with Crippen LogP contribution in [0.25, 0.3) is 39.1 Å². The standard InChI is InChI=1S/C35H31FN6O4S/c1-20-7-13-25(14-8-20)47(45,46)42-19-27(26-17-23(36)18-37-34(26)42)32-38-28-15-16-41(24-5-3-2-4-6-24)31(28)33(40-32)39-30-22-11-9-21(10-12-22)29(30)35(43)44/h2-8,13-19,21-22,29-30H,9-12H2,1H3,(H,43,44)(H,38,39,40). The maximum Gasteiger partial charge on any atom is 0.308 e. The number of carbonyl (C=O) groups is 1. The SMILES string of the molecule is Cc1ccc(S(=O)(=O)n2cc(-c3nc(NC4C5CCC(CC5)C4C(=O)O)c4c(ccn4-c4ccccc4)n3)c3cc(F)cnc32)cc1. The van der Waals surface area contributed by atoms with Gasteiger partial charge in [0.1, 0.15) is 11.3 Å². The van der Waals surface area contributed by atoms with Gasteiger partial charge in [-0.2, -0.15) is 0 Å². The first-order valence-corrected chi connectivity index (χ1v) is 17.1. The average Bonchev–Trinajstić information content (AvgIpc) is 3.68. The first kappa shape index (κ1) is 29.3. The van der Waals surface area contributed by atoms with Gasteiger partial charge in [0.15, 0.2) is 17.3 Å². The van der Waals surface area contributed by atoms with Crippen molar-refractivity contribution in [1.29, 1.82) is 0 Å². The van der Waals surface area contributed by atoms with Gasteiger partial charge >= 0.3 is 5.97 Å². The normalized spacial score (nSPS) is 21.0. The number of halogens is 1. The number of benzene rings is 2. The Bertz CT molecular complexity index is 2280. The molecule has 2 bridgehead atoms. The van der Waals surface area contributed by atoms with Crippen molar-refractivity contribution in [3.63, 3.8) is 0 Å². The van der Waals surface area contributed by atoms with Crippen LogP contribution >= 0.6 is 0 Å². The molecule has 4 aromatic heterocycles. The fourth-order valence-corrected chi connectivity index (χ4v) is 8.80. The van der Waals surface area contributed by atoms with Gasteiger partial charge in [-0.05, 0) is 80.8 Å². The Balaban J connectivity index is 1.34. The Morgan fingerprint density at radius 1 is 0.979 bits per heavy atom. The summed E-state index contributed by atoms with van der Waals surface area (Å²) in [6, 6.07) is 18.9. The van der Waals surface area contributed by atoms with Gasteiger partial charge in [-0.1, -0.05) is 35.9 Å². The summed E-state index contributed by atoms with van der Waals surface area (Å²) in [6.07, 6.45) is 7.88. The highest BCUT2D eigenvalue weighted by Gasteiger charge is 2.47. The number of para-hydroxylation sites is 1. The van der Waals surface area contributed by atoms with E-state index in [9.17, 15) is 22.7 Å². The lowest BCUT2D eigenvalue weighted by Crippen LogP contribution is -2.51. The molecule has 4 heterocycles. The molecule has 3 aliphatic carbocycles. The Hall–Kier alpha value is -5.10. The summed E-state index contributed by atoms with van der Waals surface area (Å²) in [6.45, 7) is 1.87. The third-order valence-corrected chi connectivity index (χ3v) is 11.4. The third-order valence-electron chi connectivity index (χ3n) is 9.77. The Morgan fingerprint density at radius 2 is 1.70 bits per heavy atom. The predicted molar refractivity (Wildman–Crippen MR) is 175 cm³/mol. The zero-order valence-electron chi connectivity index (χ0n) is 25.4. The lowest BCUT2D eigenvalue weighted by atomic mass is 9.61. The molecule has 2 N–H and O–H groups in total. The number of carboxylic acids is 1. The van der Waals surface area contributed by atoms with E-state index in [2.05, 4.69) is 10.3 Å². The molecule has 0 spiro atoms. The molecular weight excluding hydrogens is 619 g/mol. The summed E-state index contributed by atoms with van der Waals surface area (Å²) in [4.78, 5) is 26.6. The van der Waals surface area contributed by atoms with Gasteiger partial charge < -0.3 is 15.0 Å². The molecule has 238 valence electrons. The number of nitrogens with zero attached hydrogens (tertiary/aromatic N) is 5. The second-order valence-corrected chi connectivity index (χ2v) is 14.4. The van der Waals surface area contributed by atoms with Crippen molar-refractivity contribution in [2.75, 3.05) is 5.32 Å². The van der Waals surface area contributed by atoms with Gasteiger partial charge in [0.25, 0.3) is 10.0 Å². The number of carboxylic acid groups (broad SMARTS) is 1. The summed E-state index contributed by atoms with van der Waals surface area (Å²) in [5, 5.41) is 14.1. The van der Waals surface area contributed by atoms with Gasteiger partial charge in [-0.3, -0.25) is 4.79 Å². The zero-order valence-corrected chi connectivity index (χ0v) is 26.2. The van der Waals surface area contributed by atoms with Crippen molar-refractivity contribution in [2.45, 2.75) is 43.5 Å². The van der Waals surface area contributed by atoms with Crippen LogP contribution in [0.3, 0.4) is 0 Å². The number of aliphatic carboxylic acids is 1. The molecule has 0 aliphatic heterocycles. The van der Waals surface area contributed by atoms with E-state index in [1.54, 1.807) is 12.1 Å². The second-order valence-electron chi connectivity index (χ2n) is 12.5. The number of nitrogens with one attached hydrogen (secondary N) is 1. The molecule has 0 saturated heterocycles. The van der Waals surface area contributed by atoms with Gasteiger partial charge in [-0.15, -0.1) is 0 Å². The lowest BCUT2D eigenvalue weighted by molar-refractivity contribution is -0.148. The molecule has 6 aromatic rings. The topological polar surface area (TPSA) is 132 Å². The van der Waals surface area contributed by atoms with Crippen molar-refractivity contribution in [3.05, 3.63) is 96.7 Å². The van der Waals surface area contributed by atoms with Crippen molar-refractivity contribution >= 4 is 43.9 Å². The molecule has 2 aromatic carbocycles. The summed E-state index contributed by atoms with van der Waals surface area (Å²) in [7, 11) is -4.12. The monoisotopic (exact) mass is 650 g/mol. The summed E-state index contributed by atoms with van der Waals surface area (Å²) >= 11 is 0. The van der Waals surface area contributed by atoms with Crippen LogP contribution in [0.5, 0.6) is 0 Å². The van der Waals surface area contributed by atoms with Crippen LogP contribution in [-0.4, -0.2) is 49.0 Å². The quantitative estimate of drug-likeness (QED) is 0.202.